The smallest absolute Gasteiger partial charge is 0.258 e. The minimum absolute atomic E-state index is 0.136. The van der Waals surface area contributed by atoms with E-state index in [2.05, 4.69) is 10.4 Å². The molecular weight excluding hydrogens is 362 g/mol. The maximum atomic E-state index is 12.4. The van der Waals surface area contributed by atoms with E-state index in [4.69, 9.17) is 11.6 Å². The van der Waals surface area contributed by atoms with Gasteiger partial charge in [-0.2, -0.15) is 5.10 Å². The molecule has 128 valence electrons. The summed E-state index contributed by atoms with van der Waals surface area (Å²) < 4.78 is 24.7. The van der Waals surface area contributed by atoms with E-state index in [1.54, 1.807) is 36.5 Å². The number of rotatable bonds is 4. The molecule has 0 aliphatic carbocycles. The fourth-order valence-corrected chi connectivity index (χ4v) is 3.11. The van der Waals surface area contributed by atoms with Crippen molar-refractivity contribution in [1.82, 2.24) is 9.78 Å². The van der Waals surface area contributed by atoms with Crippen LogP contribution in [0.2, 0.25) is 5.02 Å². The van der Waals surface area contributed by atoms with Gasteiger partial charge in [-0.15, -0.1) is 0 Å². The lowest BCUT2D eigenvalue weighted by molar-refractivity contribution is 0.102. The van der Waals surface area contributed by atoms with E-state index >= 15 is 0 Å². The standard InChI is InChI=1S/C17H14ClN3O3S/c1-25(23,24)14-6-4-5-13(9-14)20-17(22)12-10-19-21(11-12)16-8-3-2-7-15(16)18/h2-11H,1H3,(H,20,22). The predicted molar refractivity (Wildman–Crippen MR) is 96.1 cm³/mol. The Balaban J connectivity index is 1.83. The summed E-state index contributed by atoms with van der Waals surface area (Å²) in [5, 5.41) is 7.32. The first-order valence-electron chi connectivity index (χ1n) is 7.25. The molecule has 0 aliphatic heterocycles. The highest BCUT2D eigenvalue weighted by Crippen LogP contribution is 2.20. The van der Waals surface area contributed by atoms with Gasteiger partial charge in [0.1, 0.15) is 0 Å². The Labute approximate surface area is 150 Å². The molecule has 0 atom stereocenters. The van der Waals surface area contributed by atoms with Crippen molar-refractivity contribution in [1.29, 1.82) is 0 Å². The molecule has 3 aromatic rings. The van der Waals surface area contributed by atoms with Gasteiger partial charge in [-0.3, -0.25) is 4.79 Å². The quantitative estimate of drug-likeness (QED) is 0.759. The molecule has 0 spiro atoms. The molecule has 1 N–H and O–H groups in total. The molecule has 0 fully saturated rings. The molecule has 0 saturated heterocycles. The molecule has 3 rings (SSSR count). The van der Waals surface area contributed by atoms with Crippen LogP contribution in [0.3, 0.4) is 0 Å². The Morgan fingerprint density at radius 2 is 1.92 bits per heavy atom. The largest absolute Gasteiger partial charge is 0.322 e. The summed E-state index contributed by atoms with van der Waals surface area (Å²) in [6.07, 6.45) is 4.08. The number of aromatic nitrogens is 2. The Morgan fingerprint density at radius 3 is 2.64 bits per heavy atom. The monoisotopic (exact) mass is 375 g/mol. The number of nitrogens with zero attached hydrogens (tertiary/aromatic N) is 2. The number of para-hydroxylation sites is 1. The number of sulfone groups is 1. The van der Waals surface area contributed by atoms with Crippen LogP contribution in [0.4, 0.5) is 5.69 Å². The molecule has 0 aliphatic rings. The van der Waals surface area contributed by atoms with E-state index in [0.29, 0.717) is 22.0 Å². The molecule has 25 heavy (non-hydrogen) atoms. The first kappa shape index (κ1) is 17.2. The zero-order valence-electron chi connectivity index (χ0n) is 13.2. The molecule has 6 nitrogen and oxygen atoms in total. The van der Waals surface area contributed by atoms with E-state index in [9.17, 15) is 13.2 Å². The number of amides is 1. The van der Waals surface area contributed by atoms with Crippen LogP contribution in [0.25, 0.3) is 5.69 Å². The van der Waals surface area contributed by atoms with Crippen molar-refractivity contribution in [2.75, 3.05) is 11.6 Å². The zero-order chi connectivity index (χ0) is 18.0. The van der Waals surface area contributed by atoms with E-state index in [0.717, 1.165) is 6.26 Å². The van der Waals surface area contributed by atoms with Gasteiger partial charge < -0.3 is 5.32 Å². The minimum atomic E-state index is -3.34. The van der Waals surface area contributed by atoms with E-state index in [1.807, 2.05) is 6.07 Å². The number of hydrogen-bond acceptors (Lipinski definition) is 4. The summed E-state index contributed by atoms with van der Waals surface area (Å²) in [5.74, 6) is -0.399. The van der Waals surface area contributed by atoms with Crippen molar-refractivity contribution in [3.05, 3.63) is 71.5 Å². The normalized spacial score (nSPS) is 11.3. The Kier molecular flexibility index (Phi) is 4.61. The second-order valence-corrected chi connectivity index (χ2v) is 7.80. The molecule has 8 heteroatoms. The second kappa shape index (κ2) is 6.70. The molecule has 1 heterocycles. The van der Waals surface area contributed by atoms with Crippen LogP contribution in [0.5, 0.6) is 0 Å². The third-order valence-corrected chi connectivity index (χ3v) is 4.89. The van der Waals surface area contributed by atoms with Gasteiger partial charge in [0.15, 0.2) is 9.84 Å². The summed E-state index contributed by atoms with van der Waals surface area (Å²) in [7, 11) is -3.34. The molecule has 2 aromatic carbocycles. The third kappa shape index (κ3) is 3.89. The van der Waals surface area contributed by atoms with Gasteiger partial charge in [0.05, 0.1) is 27.4 Å². The van der Waals surface area contributed by atoms with Crippen LogP contribution in [0.15, 0.2) is 65.8 Å². The average Bonchev–Trinajstić information content (AvgIpc) is 3.04. The zero-order valence-corrected chi connectivity index (χ0v) is 14.8. The van der Waals surface area contributed by atoms with Gasteiger partial charge in [-0.1, -0.05) is 29.8 Å². The maximum absolute atomic E-state index is 12.4. The first-order chi connectivity index (χ1) is 11.8. The van der Waals surface area contributed by atoms with Crippen molar-refractivity contribution >= 4 is 33.0 Å². The summed E-state index contributed by atoms with van der Waals surface area (Å²) in [5.41, 5.74) is 1.37. The summed E-state index contributed by atoms with van der Waals surface area (Å²) >= 11 is 6.12. The lowest BCUT2D eigenvalue weighted by atomic mass is 10.3. The first-order valence-corrected chi connectivity index (χ1v) is 9.52. The topological polar surface area (TPSA) is 81.1 Å². The van der Waals surface area contributed by atoms with Gasteiger partial charge in [0.2, 0.25) is 0 Å². The van der Waals surface area contributed by atoms with Gasteiger partial charge in [-0.05, 0) is 30.3 Å². The number of hydrogen-bond donors (Lipinski definition) is 1. The van der Waals surface area contributed by atoms with Crippen LogP contribution in [0, 0.1) is 0 Å². The van der Waals surface area contributed by atoms with Gasteiger partial charge in [0, 0.05) is 18.1 Å². The van der Waals surface area contributed by atoms with E-state index < -0.39 is 15.7 Å². The molecular formula is C17H14ClN3O3S. The lowest BCUT2D eigenvalue weighted by Gasteiger charge is -2.05. The van der Waals surface area contributed by atoms with E-state index in [-0.39, 0.29) is 4.90 Å². The van der Waals surface area contributed by atoms with Gasteiger partial charge in [0.25, 0.3) is 5.91 Å². The molecule has 1 aromatic heterocycles. The number of anilines is 1. The van der Waals surface area contributed by atoms with Crippen molar-refractivity contribution in [2.24, 2.45) is 0 Å². The van der Waals surface area contributed by atoms with Crippen LogP contribution >= 0.6 is 11.6 Å². The molecule has 0 unspecified atom stereocenters. The lowest BCUT2D eigenvalue weighted by Crippen LogP contribution is -2.11. The van der Waals surface area contributed by atoms with Crippen molar-refractivity contribution in [3.63, 3.8) is 0 Å². The van der Waals surface area contributed by atoms with E-state index in [1.165, 1.54) is 23.0 Å². The fourth-order valence-electron chi connectivity index (χ4n) is 2.22. The average molecular weight is 376 g/mol. The summed E-state index contributed by atoms with van der Waals surface area (Å²) in [4.78, 5) is 12.5. The van der Waals surface area contributed by atoms with Crippen LogP contribution in [-0.4, -0.2) is 30.4 Å². The van der Waals surface area contributed by atoms with Crippen molar-refractivity contribution in [2.45, 2.75) is 4.90 Å². The molecule has 0 radical (unpaired) electrons. The molecule has 1 amide bonds. The molecule has 0 saturated carbocycles. The van der Waals surface area contributed by atoms with Gasteiger partial charge >= 0.3 is 0 Å². The molecule has 0 bridgehead atoms. The highest BCUT2D eigenvalue weighted by Gasteiger charge is 2.13. The Bertz CT molecular complexity index is 1040. The number of halogens is 1. The summed E-state index contributed by atoms with van der Waals surface area (Å²) in [6, 6.07) is 13.2. The van der Waals surface area contributed by atoms with Crippen molar-refractivity contribution < 1.29 is 13.2 Å². The van der Waals surface area contributed by atoms with Crippen LogP contribution in [-0.2, 0) is 9.84 Å². The van der Waals surface area contributed by atoms with Crippen LogP contribution < -0.4 is 5.32 Å². The Morgan fingerprint density at radius 1 is 1.16 bits per heavy atom. The van der Waals surface area contributed by atoms with Gasteiger partial charge in [-0.25, -0.2) is 13.1 Å². The number of benzene rings is 2. The number of carbonyl (C=O) groups is 1. The second-order valence-electron chi connectivity index (χ2n) is 5.38. The number of nitrogens with one attached hydrogen (secondary N) is 1. The SMILES string of the molecule is CS(=O)(=O)c1cccc(NC(=O)c2cnn(-c3ccccc3Cl)c2)c1. The predicted octanol–water partition coefficient (Wildman–Crippen LogP) is 3.18. The van der Waals surface area contributed by atoms with Crippen LogP contribution in [0.1, 0.15) is 10.4 Å². The highest BCUT2D eigenvalue weighted by molar-refractivity contribution is 7.90. The maximum Gasteiger partial charge on any atom is 0.258 e. The third-order valence-electron chi connectivity index (χ3n) is 3.46. The summed E-state index contributed by atoms with van der Waals surface area (Å²) in [6.45, 7) is 0. The number of carbonyl (C=O) groups excluding carboxylic acids is 1. The highest BCUT2D eigenvalue weighted by atomic mass is 35.5. The van der Waals surface area contributed by atoms with Crippen molar-refractivity contribution in [3.8, 4) is 5.69 Å². The Hall–Kier alpha value is -2.64. The minimum Gasteiger partial charge on any atom is -0.322 e. The fraction of sp³-hybridized carbons (Fsp3) is 0.0588.